The van der Waals surface area contributed by atoms with Gasteiger partial charge in [0.1, 0.15) is 0 Å². The van der Waals surface area contributed by atoms with Gasteiger partial charge in [0.05, 0.1) is 17.1 Å². The highest BCUT2D eigenvalue weighted by molar-refractivity contribution is 6.31. The average Bonchev–Trinajstić information content (AvgIpc) is 2.41. The molecule has 0 aromatic carbocycles. The molecule has 0 saturated heterocycles. The van der Waals surface area contributed by atoms with Gasteiger partial charge < -0.3 is 0 Å². The van der Waals surface area contributed by atoms with E-state index in [4.69, 9.17) is 11.6 Å². The van der Waals surface area contributed by atoms with Crippen molar-refractivity contribution in [2.45, 2.75) is 13.5 Å². The van der Waals surface area contributed by atoms with E-state index >= 15 is 0 Å². The predicted molar refractivity (Wildman–Crippen MR) is 74.3 cm³/mol. The fourth-order valence-electron chi connectivity index (χ4n) is 1.80. The molecular formula is C13H12ClN3O3. The first-order valence-electron chi connectivity index (χ1n) is 5.81. The van der Waals surface area contributed by atoms with Crippen LogP contribution in [0.5, 0.6) is 0 Å². The number of carbonyl (C=O) groups excluding carboxylic acids is 1. The SMILES string of the molecule is CC(=O)c1cn(Cc2ccncc2Cl)c(=O)n(C)c1=O. The van der Waals surface area contributed by atoms with Gasteiger partial charge in [-0.05, 0) is 18.6 Å². The number of rotatable bonds is 3. The average molecular weight is 294 g/mol. The highest BCUT2D eigenvalue weighted by Gasteiger charge is 2.13. The van der Waals surface area contributed by atoms with Crippen molar-refractivity contribution >= 4 is 17.4 Å². The van der Waals surface area contributed by atoms with Crippen LogP contribution in [-0.4, -0.2) is 19.9 Å². The van der Waals surface area contributed by atoms with Gasteiger partial charge in [-0.3, -0.25) is 23.7 Å². The molecule has 2 aromatic rings. The van der Waals surface area contributed by atoms with Crippen molar-refractivity contribution in [3.8, 4) is 0 Å². The van der Waals surface area contributed by atoms with E-state index in [1.807, 2.05) is 0 Å². The smallest absolute Gasteiger partial charge is 0.295 e. The molecule has 2 rings (SSSR count). The van der Waals surface area contributed by atoms with E-state index in [0.29, 0.717) is 10.6 Å². The molecule has 0 amide bonds. The first-order valence-corrected chi connectivity index (χ1v) is 6.19. The van der Waals surface area contributed by atoms with Gasteiger partial charge in [0.15, 0.2) is 5.78 Å². The molecule has 0 saturated carbocycles. The first kappa shape index (κ1) is 14.2. The Kier molecular flexibility index (Phi) is 3.85. The summed E-state index contributed by atoms with van der Waals surface area (Å²) in [5.41, 5.74) is -0.457. The minimum atomic E-state index is -0.598. The van der Waals surface area contributed by atoms with Gasteiger partial charge in [0, 0.05) is 25.6 Å². The quantitative estimate of drug-likeness (QED) is 0.786. The third-order valence-electron chi connectivity index (χ3n) is 2.93. The van der Waals surface area contributed by atoms with Crippen molar-refractivity contribution in [1.82, 2.24) is 14.1 Å². The summed E-state index contributed by atoms with van der Waals surface area (Å²) in [5.74, 6) is -0.389. The van der Waals surface area contributed by atoms with E-state index in [-0.39, 0.29) is 17.9 Å². The molecular weight excluding hydrogens is 282 g/mol. The van der Waals surface area contributed by atoms with Gasteiger partial charge in [0.25, 0.3) is 5.56 Å². The topological polar surface area (TPSA) is 74.0 Å². The van der Waals surface area contributed by atoms with Crippen LogP contribution in [0.3, 0.4) is 0 Å². The lowest BCUT2D eigenvalue weighted by Crippen LogP contribution is -2.40. The standard InChI is InChI=1S/C13H12ClN3O3/c1-8(18)10-7-17(13(20)16(2)12(10)19)6-9-3-4-15-5-11(9)14/h3-5,7H,6H2,1-2H3. The van der Waals surface area contributed by atoms with E-state index in [0.717, 1.165) is 4.57 Å². The van der Waals surface area contributed by atoms with E-state index in [9.17, 15) is 14.4 Å². The van der Waals surface area contributed by atoms with Crippen LogP contribution in [0.15, 0.2) is 34.2 Å². The maximum absolute atomic E-state index is 12.0. The molecule has 0 aliphatic carbocycles. The van der Waals surface area contributed by atoms with Crippen LogP contribution in [-0.2, 0) is 13.6 Å². The zero-order valence-electron chi connectivity index (χ0n) is 11.0. The summed E-state index contributed by atoms with van der Waals surface area (Å²) in [7, 11) is 1.34. The van der Waals surface area contributed by atoms with Crippen molar-refractivity contribution < 1.29 is 4.79 Å². The van der Waals surface area contributed by atoms with E-state index in [1.165, 1.54) is 30.9 Å². The molecule has 0 unspecified atom stereocenters. The van der Waals surface area contributed by atoms with Gasteiger partial charge >= 0.3 is 5.69 Å². The maximum atomic E-state index is 12.0. The Labute approximate surface area is 119 Å². The molecule has 0 bridgehead atoms. The van der Waals surface area contributed by atoms with Crippen LogP contribution >= 0.6 is 11.6 Å². The summed E-state index contributed by atoms with van der Waals surface area (Å²) in [6.45, 7) is 1.44. The number of carbonyl (C=O) groups is 1. The second-order valence-corrected chi connectivity index (χ2v) is 4.75. The number of Topliss-reactive ketones (excluding diaryl/α,β-unsaturated/α-hetero) is 1. The molecule has 0 spiro atoms. The minimum absolute atomic E-state index is 0.0303. The van der Waals surface area contributed by atoms with E-state index in [2.05, 4.69) is 4.98 Å². The van der Waals surface area contributed by atoms with Crippen LogP contribution in [0.1, 0.15) is 22.8 Å². The second-order valence-electron chi connectivity index (χ2n) is 4.34. The van der Waals surface area contributed by atoms with Crippen LogP contribution in [0.2, 0.25) is 5.02 Å². The molecule has 104 valence electrons. The maximum Gasteiger partial charge on any atom is 0.331 e. The van der Waals surface area contributed by atoms with Gasteiger partial charge in [-0.25, -0.2) is 4.79 Å². The minimum Gasteiger partial charge on any atom is -0.295 e. The number of pyridine rings is 1. The molecule has 6 nitrogen and oxygen atoms in total. The molecule has 2 aromatic heterocycles. The van der Waals surface area contributed by atoms with Crippen molar-refractivity contribution in [2.24, 2.45) is 7.05 Å². The zero-order chi connectivity index (χ0) is 14.9. The van der Waals surface area contributed by atoms with Gasteiger partial charge in [-0.1, -0.05) is 11.6 Å². The molecule has 2 heterocycles. The Morgan fingerprint density at radius 1 is 1.40 bits per heavy atom. The highest BCUT2D eigenvalue weighted by Crippen LogP contribution is 2.13. The van der Waals surface area contributed by atoms with Crippen LogP contribution in [0.4, 0.5) is 0 Å². The van der Waals surface area contributed by atoms with Crippen LogP contribution < -0.4 is 11.2 Å². The van der Waals surface area contributed by atoms with Crippen molar-refractivity contribution in [3.05, 3.63) is 61.6 Å². The van der Waals surface area contributed by atoms with Gasteiger partial charge in [0.2, 0.25) is 0 Å². The summed E-state index contributed by atoms with van der Waals surface area (Å²) in [6.07, 6.45) is 4.29. The van der Waals surface area contributed by atoms with Crippen molar-refractivity contribution in [2.75, 3.05) is 0 Å². The number of halogens is 1. The number of hydrogen-bond donors (Lipinski definition) is 0. The monoisotopic (exact) mass is 293 g/mol. The molecule has 0 radical (unpaired) electrons. The Balaban J connectivity index is 2.59. The van der Waals surface area contributed by atoms with E-state index in [1.54, 1.807) is 12.3 Å². The number of ketones is 1. The number of hydrogen-bond acceptors (Lipinski definition) is 4. The largest absolute Gasteiger partial charge is 0.331 e. The third-order valence-corrected chi connectivity index (χ3v) is 3.27. The molecule has 20 heavy (non-hydrogen) atoms. The molecule has 7 heteroatoms. The summed E-state index contributed by atoms with van der Waals surface area (Å²) in [5, 5.41) is 0.414. The molecule has 0 fully saturated rings. The van der Waals surface area contributed by atoms with Crippen molar-refractivity contribution in [3.63, 3.8) is 0 Å². The predicted octanol–water partition coefficient (Wildman–Crippen LogP) is 0.846. The number of nitrogens with zero attached hydrogens (tertiary/aromatic N) is 3. The fourth-order valence-corrected chi connectivity index (χ4v) is 1.98. The Bertz CT molecular complexity index is 792. The summed E-state index contributed by atoms with van der Waals surface area (Å²) in [4.78, 5) is 39.1. The van der Waals surface area contributed by atoms with E-state index < -0.39 is 11.2 Å². The Morgan fingerprint density at radius 2 is 2.10 bits per heavy atom. The second kappa shape index (κ2) is 5.42. The third kappa shape index (κ3) is 2.55. The lowest BCUT2D eigenvalue weighted by atomic mass is 10.2. The van der Waals surface area contributed by atoms with Crippen LogP contribution in [0.25, 0.3) is 0 Å². The molecule has 0 atom stereocenters. The lowest BCUT2D eigenvalue weighted by molar-refractivity contribution is 0.101. The lowest BCUT2D eigenvalue weighted by Gasteiger charge is -2.10. The summed E-state index contributed by atoms with van der Waals surface area (Å²) >= 11 is 5.99. The number of aromatic nitrogens is 3. The van der Waals surface area contributed by atoms with Gasteiger partial charge in [-0.15, -0.1) is 0 Å². The normalized spacial score (nSPS) is 10.6. The molecule has 0 aliphatic rings. The van der Waals surface area contributed by atoms with Crippen LogP contribution in [0, 0.1) is 0 Å². The summed E-state index contributed by atoms with van der Waals surface area (Å²) < 4.78 is 2.19. The summed E-state index contributed by atoms with van der Waals surface area (Å²) in [6, 6.07) is 1.67. The van der Waals surface area contributed by atoms with Gasteiger partial charge in [-0.2, -0.15) is 0 Å². The molecule has 0 N–H and O–H groups in total. The first-order chi connectivity index (χ1) is 9.41. The highest BCUT2D eigenvalue weighted by atomic mass is 35.5. The fraction of sp³-hybridized carbons (Fsp3) is 0.231. The zero-order valence-corrected chi connectivity index (χ0v) is 11.7. The Hall–Kier alpha value is -2.21. The molecule has 0 aliphatic heterocycles. The Morgan fingerprint density at radius 3 is 2.70 bits per heavy atom. The van der Waals surface area contributed by atoms with Crippen molar-refractivity contribution in [1.29, 1.82) is 0 Å².